The van der Waals surface area contributed by atoms with Gasteiger partial charge >= 0.3 is 0 Å². The van der Waals surface area contributed by atoms with E-state index in [0.717, 1.165) is 38.3 Å². The van der Waals surface area contributed by atoms with Gasteiger partial charge in [0.1, 0.15) is 12.4 Å². The first-order valence-corrected chi connectivity index (χ1v) is 10.2. The van der Waals surface area contributed by atoms with Crippen molar-refractivity contribution in [3.05, 3.63) is 65.7 Å². The number of likely N-dealkylation sites (N-methyl/N-ethyl adjacent to an activating group) is 1. The van der Waals surface area contributed by atoms with Crippen LogP contribution < -0.4 is 10.1 Å². The van der Waals surface area contributed by atoms with Crippen LogP contribution in [0.4, 0.5) is 0 Å². The second-order valence-corrected chi connectivity index (χ2v) is 7.86. The molecule has 1 N–H and O–H groups in total. The zero-order valence-corrected chi connectivity index (χ0v) is 19.0. The van der Waals surface area contributed by atoms with Gasteiger partial charge in [-0.05, 0) is 36.7 Å². The summed E-state index contributed by atoms with van der Waals surface area (Å²) >= 11 is 0. The maximum absolute atomic E-state index is 12.3. The third kappa shape index (κ3) is 6.61. The van der Waals surface area contributed by atoms with E-state index in [4.69, 9.17) is 4.74 Å². The largest absolute Gasteiger partial charge is 0.489 e. The fourth-order valence-electron chi connectivity index (χ4n) is 3.73. The third-order valence-electron chi connectivity index (χ3n) is 5.72. The minimum Gasteiger partial charge on any atom is -0.489 e. The predicted molar refractivity (Wildman–Crippen MR) is 125 cm³/mol. The fraction of sp³-hybridized carbons (Fsp3) is 0.435. The topological polar surface area (TPSA) is 44.8 Å². The maximum atomic E-state index is 12.3. The van der Waals surface area contributed by atoms with Crippen molar-refractivity contribution in [1.29, 1.82) is 0 Å². The highest BCUT2D eigenvalue weighted by Gasteiger charge is 2.38. The molecule has 4 rings (SSSR count). The van der Waals surface area contributed by atoms with E-state index in [-0.39, 0.29) is 30.7 Å². The van der Waals surface area contributed by atoms with Crippen molar-refractivity contribution < 1.29 is 9.53 Å². The molecule has 7 heteroatoms. The van der Waals surface area contributed by atoms with E-state index >= 15 is 0 Å². The summed E-state index contributed by atoms with van der Waals surface area (Å²) in [7, 11) is 2.10. The van der Waals surface area contributed by atoms with Crippen LogP contribution in [-0.2, 0) is 11.4 Å². The number of ether oxygens (including phenoxy) is 1. The van der Waals surface area contributed by atoms with Crippen molar-refractivity contribution in [2.45, 2.75) is 25.0 Å². The molecule has 2 aromatic rings. The lowest BCUT2D eigenvalue weighted by Crippen LogP contribution is -2.49. The standard InChI is InChI=1S/C23H29N3O2.2ClH/c1-25-11-13-26(14-12-25)23(27)16-24-22-15-21(22)19-7-9-20(10-8-19)28-17-18-5-3-2-4-6-18;;/h2-10,21-22,24H,11-17H2,1H3;2*1H/t21-,22+;;/m1../s1. The predicted octanol–water partition coefficient (Wildman–Crippen LogP) is 3.33. The maximum Gasteiger partial charge on any atom is 0.236 e. The van der Waals surface area contributed by atoms with Gasteiger partial charge in [0, 0.05) is 38.1 Å². The number of benzene rings is 2. The second-order valence-electron chi connectivity index (χ2n) is 7.86. The average molecular weight is 452 g/mol. The molecule has 1 aliphatic carbocycles. The van der Waals surface area contributed by atoms with Crippen molar-refractivity contribution in [2.24, 2.45) is 0 Å². The first-order chi connectivity index (χ1) is 13.7. The molecule has 1 aliphatic heterocycles. The lowest BCUT2D eigenvalue weighted by molar-refractivity contribution is -0.131. The zero-order chi connectivity index (χ0) is 19.3. The Morgan fingerprint density at radius 2 is 1.67 bits per heavy atom. The number of hydrogen-bond donors (Lipinski definition) is 1. The molecule has 2 atom stereocenters. The Bertz CT molecular complexity index is 781. The highest BCUT2D eigenvalue weighted by molar-refractivity contribution is 5.85. The van der Waals surface area contributed by atoms with Crippen LogP contribution in [0.3, 0.4) is 0 Å². The number of rotatable bonds is 7. The van der Waals surface area contributed by atoms with Gasteiger partial charge in [-0.1, -0.05) is 42.5 Å². The molecule has 164 valence electrons. The molecule has 2 aliphatic rings. The summed E-state index contributed by atoms with van der Waals surface area (Å²) in [4.78, 5) is 16.6. The van der Waals surface area contributed by atoms with Gasteiger partial charge in [-0.3, -0.25) is 4.79 Å². The zero-order valence-electron chi connectivity index (χ0n) is 17.3. The Balaban J connectivity index is 0.00000160. The molecular weight excluding hydrogens is 421 g/mol. The third-order valence-corrected chi connectivity index (χ3v) is 5.72. The molecule has 2 aromatic carbocycles. The fourth-order valence-corrected chi connectivity index (χ4v) is 3.73. The number of amides is 1. The van der Waals surface area contributed by atoms with E-state index in [0.29, 0.717) is 25.1 Å². The summed E-state index contributed by atoms with van der Waals surface area (Å²) < 4.78 is 5.86. The Labute approximate surface area is 191 Å². The number of hydrogen-bond acceptors (Lipinski definition) is 4. The van der Waals surface area contributed by atoms with Crippen LogP contribution in [0.1, 0.15) is 23.5 Å². The number of piperazine rings is 1. The van der Waals surface area contributed by atoms with Crippen LogP contribution in [0.2, 0.25) is 0 Å². The van der Waals surface area contributed by atoms with Crippen molar-refractivity contribution in [3.8, 4) is 5.75 Å². The summed E-state index contributed by atoms with van der Waals surface area (Å²) in [5, 5.41) is 3.44. The van der Waals surface area contributed by atoms with Crippen LogP contribution in [0, 0.1) is 0 Å². The van der Waals surface area contributed by atoms with Crippen LogP contribution in [0.15, 0.2) is 54.6 Å². The van der Waals surface area contributed by atoms with Crippen molar-refractivity contribution in [1.82, 2.24) is 15.1 Å². The molecule has 1 amide bonds. The normalized spacial score (nSPS) is 20.6. The van der Waals surface area contributed by atoms with Crippen LogP contribution in [-0.4, -0.2) is 61.5 Å². The van der Waals surface area contributed by atoms with E-state index < -0.39 is 0 Å². The summed E-state index contributed by atoms with van der Waals surface area (Å²) in [6.07, 6.45) is 1.10. The molecule has 0 spiro atoms. The smallest absolute Gasteiger partial charge is 0.236 e. The molecular formula is C23H31Cl2N3O2. The summed E-state index contributed by atoms with van der Waals surface area (Å²) in [6.45, 7) is 4.66. The molecule has 0 radical (unpaired) electrons. The van der Waals surface area contributed by atoms with Gasteiger partial charge < -0.3 is 19.9 Å². The van der Waals surface area contributed by atoms with Gasteiger partial charge in [-0.15, -0.1) is 24.8 Å². The number of nitrogens with one attached hydrogen (secondary N) is 1. The highest BCUT2D eigenvalue weighted by Crippen LogP contribution is 2.41. The Hall–Kier alpha value is -1.79. The van der Waals surface area contributed by atoms with Crippen molar-refractivity contribution in [3.63, 3.8) is 0 Å². The van der Waals surface area contributed by atoms with E-state index in [2.05, 4.69) is 41.5 Å². The first kappa shape index (κ1) is 24.5. The van der Waals surface area contributed by atoms with Gasteiger partial charge in [0.2, 0.25) is 5.91 Å². The van der Waals surface area contributed by atoms with Gasteiger partial charge in [-0.2, -0.15) is 0 Å². The number of carbonyl (C=O) groups excluding carboxylic acids is 1. The van der Waals surface area contributed by atoms with Crippen LogP contribution in [0.25, 0.3) is 0 Å². The van der Waals surface area contributed by atoms with E-state index in [1.165, 1.54) is 11.1 Å². The Morgan fingerprint density at radius 3 is 2.33 bits per heavy atom. The van der Waals surface area contributed by atoms with Gasteiger partial charge in [0.05, 0.1) is 6.54 Å². The van der Waals surface area contributed by atoms with Crippen molar-refractivity contribution >= 4 is 30.7 Å². The second kappa shape index (κ2) is 11.6. The Kier molecular flexibility index (Phi) is 9.43. The highest BCUT2D eigenvalue weighted by atomic mass is 35.5. The minimum atomic E-state index is 0. The van der Waals surface area contributed by atoms with E-state index in [1.54, 1.807) is 0 Å². The lowest BCUT2D eigenvalue weighted by Gasteiger charge is -2.32. The van der Waals surface area contributed by atoms with Gasteiger partial charge in [0.25, 0.3) is 0 Å². The molecule has 0 unspecified atom stereocenters. The summed E-state index contributed by atoms with van der Waals surface area (Å²) in [5.41, 5.74) is 2.49. The number of nitrogens with zero attached hydrogens (tertiary/aromatic N) is 2. The van der Waals surface area contributed by atoms with E-state index in [9.17, 15) is 4.79 Å². The SMILES string of the molecule is CN1CCN(C(=O)CN[C@H]2C[C@@H]2c2ccc(OCc3ccccc3)cc2)CC1.Cl.Cl. The van der Waals surface area contributed by atoms with Gasteiger partial charge in [0.15, 0.2) is 0 Å². The molecule has 0 bridgehead atoms. The molecule has 1 heterocycles. The minimum absolute atomic E-state index is 0. The molecule has 5 nitrogen and oxygen atoms in total. The first-order valence-electron chi connectivity index (χ1n) is 10.2. The van der Waals surface area contributed by atoms with E-state index in [1.807, 2.05) is 35.2 Å². The number of halogens is 2. The van der Waals surface area contributed by atoms with Crippen molar-refractivity contribution in [2.75, 3.05) is 39.8 Å². The molecule has 30 heavy (non-hydrogen) atoms. The average Bonchev–Trinajstić information content (AvgIpc) is 3.52. The number of carbonyl (C=O) groups is 1. The molecule has 2 fully saturated rings. The molecule has 0 aromatic heterocycles. The molecule has 1 saturated carbocycles. The quantitative estimate of drug-likeness (QED) is 0.700. The van der Waals surface area contributed by atoms with Crippen LogP contribution in [0.5, 0.6) is 5.75 Å². The lowest BCUT2D eigenvalue weighted by atomic mass is 10.1. The van der Waals surface area contributed by atoms with Crippen LogP contribution >= 0.6 is 24.8 Å². The Morgan fingerprint density at radius 1 is 1.00 bits per heavy atom. The molecule has 1 saturated heterocycles. The van der Waals surface area contributed by atoms with Gasteiger partial charge in [-0.25, -0.2) is 0 Å². The summed E-state index contributed by atoms with van der Waals surface area (Å²) in [6, 6.07) is 19.0. The summed E-state index contributed by atoms with van der Waals surface area (Å²) in [5.74, 6) is 1.62. The monoisotopic (exact) mass is 451 g/mol.